The monoisotopic (exact) mass is 492 g/mol. The number of aromatic nitrogens is 1. The topological polar surface area (TPSA) is 118 Å². The second-order valence-corrected chi connectivity index (χ2v) is 8.91. The van der Waals surface area contributed by atoms with E-state index in [1.54, 1.807) is 19.9 Å². The van der Waals surface area contributed by atoms with Gasteiger partial charge in [0, 0.05) is 33.8 Å². The zero-order valence-electron chi connectivity index (χ0n) is 19.6. The fraction of sp³-hybridized carbons (Fsp3) is 0.231. The van der Waals surface area contributed by atoms with Crippen molar-refractivity contribution >= 4 is 29.0 Å². The maximum atomic E-state index is 12.9. The average molecular weight is 493 g/mol. The molecule has 0 spiro atoms. The Morgan fingerprint density at radius 2 is 1.74 bits per heavy atom. The molecule has 0 amide bonds. The summed E-state index contributed by atoms with van der Waals surface area (Å²) >= 11 is 1.38. The van der Waals surface area contributed by atoms with Crippen molar-refractivity contribution in [2.24, 2.45) is 10.9 Å². The van der Waals surface area contributed by atoms with Gasteiger partial charge in [-0.05, 0) is 37.6 Å². The van der Waals surface area contributed by atoms with Gasteiger partial charge >= 0.3 is 11.9 Å². The summed E-state index contributed by atoms with van der Waals surface area (Å²) < 4.78 is 10.1. The molecule has 1 aliphatic rings. The highest BCUT2D eigenvalue weighted by molar-refractivity contribution is 7.13. The van der Waals surface area contributed by atoms with Crippen LogP contribution >= 0.6 is 11.3 Å². The first-order valence-electron chi connectivity index (χ1n) is 10.8. The molecule has 0 radical (unpaired) electrons. The number of ether oxygens (including phenoxy) is 2. The maximum Gasteiger partial charge on any atom is 0.336 e. The molecule has 1 aromatic heterocycles. The molecule has 2 atom stereocenters. The molecule has 0 bridgehead atoms. The summed E-state index contributed by atoms with van der Waals surface area (Å²) in [6, 6.07) is 11.9. The van der Waals surface area contributed by atoms with Gasteiger partial charge in [0.25, 0.3) is 0 Å². The lowest BCUT2D eigenvalue weighted by Crippen LogP contribution is -2.36. The molecule has 3 aromatic rings. The molecule has 2 aromatic carbocycles. The summed E-state index contributed by atoms with van der Waals surface area (Å²) in [6.07, 6.45) is 0. The first-order chi connectivity index (χ1) is 16.8. The Bertz CT molecular complexity index is 1370. The molecule has 180 valence electrons. The van der Waals surface area contributed by atoms with Gasteiger partial charge in [-0.2, -0.15) is 0 Å². The van der Waals surface area contributed by atoms with Gasteiger partial charge in [-0.1, -0.05) is 24.3 Å². The van der Waals surface area contributed by atoms with Crippen molar-refractivity contribution in [2.45, 2.75) is 19.8 Å². The molecular weight excluding hydrogens is 468 g/mol. The Hall–Kier alpha value is -3.98. The van der Waals surface area contributed by atoms with Gasteiger partial charge in [0.05, 0.1) is 25.5 Å². The quantitative estimate of drug-likeness (QED) is 0.392. The number of carbonyl (C=O) groups is 2. The molecule has 8 nitrogen and oxygen atoms in total. The number of hydrogen-bond donors (Lipinski definition) is 2. The van der Waals surface area contributed by atoms with Crippen LogP contribution in [-0.2, 0) is 19.1 Å². The van der Waals surface area contributed by atoms with Gasteiger partial charge < -0.3 is 19.7 Å². The van der Waals surface area contributed by atoms with E-state index in [1.807, 2.05) is 29.6 Å². The highest BCUT2D eigenvalue weighted by Crippen LogP contribution is 2.44. The van der Waals surface area contributed by atoms with E-state index in [1.165, 1.54) is 37.7 Å². The van der Waals surface area contributed by atoms with E-state index < -0.39 is 23.8 Å². The number of aliphatic imine (C=N–C) groups is 1. The molecule has 0 saturated carbocycles. The Morgan fingerprint density at radius 1 is 1.00 bits per heavy atom. The average Bonchev–Trinajstić information content (AvgIpc) is 3.34. The normalized spacial score (nSPS) is 17.7. The van der Waals surface area contributed by atoms with Crippen molar-refractivity contribution < 1.29 is 29.3 Å². The van der Waals surface area contributed by atoms with Crippen LogP contribution < -0.4 is 0 Å². The number of benzene rings is 2. The molecule has 35 heavy (non-hydrogen) atoms. The van der Waals surface area contributed by atoms with E-state index in [2.05, 4.69) is 4.99 Å². The minimum atomic E-state index is -0.813. The van der Waals surface area contributed by atoms with Gasteiger partial charge in [0.15, 0.2) is 11.5 Å². The highest BCUT2D eigenvalue weighted by Gasteiger charge is 2.43. The van der Waals surface area contributed by atoms with Crippen molar-refractivity contribution in [3.05, 3.63) is 64.7 Å². The Labute approximate surface area is 206 Å². The lowest BCUT2D eigenvalue weighted by molar-refractivity contribution is -0.143. The van der Waals surface area contributed by atoms with Crippen LogP contribution in [0.25, 0.3) is 21.8 Å². The number of allylic oxidation sites excluding steroid dienone is 1. The fourth-order valence-electron chi connectivity index (χ4n) is 4.36. The lowest BCUT2D eigenvalue weighted by Gasteiger charge is -2.32. The minimum absolute atomic E-state index is 0.213. The van der Waals surface area contributed by atoms with E-state index in [0.29, 0.717) is 38.8 Å². The predicted octanol–water partition coefficient (Wildman–Crippen LogP) is 4.68. The summed E-state index contributed by atoms with van der Waals surface area (Å²) in [5, 5.41) is 22.0. The number of aromatic hydroxyl groups is 2. The predicted molar refractivity (Wildman–Crippen MR) is 132 cm³/mol. The fourth-order valence-corrected chi connectivity index (χ4v) is 5.23. The van der Waals surface area contributed by atoms with Gasteiger partial charge in [0.2, 0.25) is 0 Å². The van der Waals surface area contributed by atoms with E-state index in [-0.39, 0.29) is 11.5 Å². The molecule has 0 aliphatic carbocycles. The van der Waals surface area contributed by atoms with Crippen molar-refractivity contribution in [3.63, 3.8) is 0 Å². The molecule has 2 unspecified atom stereocenters. The number of thiazole rings is 1. The van der Waals surface area contributed by atoms with Crippen molar-refractivity contribution in [3.8, 4) is 33.3 Å². The number of hydrogen-bond acceptors (Lipinski definition) is 9. The third-order valence-corrected chi connectivity index (χ3v) is 6.87. The zero-order valence-corrected chi connectivity index (χ0v) is 20.4. The Balaban J connectivity index is 1.87. The Morgan fingerprint density at radius 3 is 2.43 bits per heavy atom. The number of nitrogens with zero attached hydrogens (tertiary/aromatic N) is 2. The van der Waals surface area contributed by atoms with Gasteiger partial charge in [-0.25, -0.2) is 9.78 Å². The van der Waals surface area contributed by atoms with E-state index in [9.17, 15) is 19.8 Å². The second kappa shape index (κ2) is 9.71. The summed E-state index contributed by atoms with van der Waals surface area (Å²) in [5.41, 5.74) is 4.03. The molecular formula is C26H24N2O6S. The molecule has 9 heteroatoms. The van der Waals surface area contributed by atoms with Crippen LogP contribution in [0.3, 0.4) is 0 Å². The molecule has 0 saturated heterocycles. The SMILES string of the molecule is COC(=O)C1=C(C)N=C(C)C(C(=O)OC)C1c1ccccc1-c1nc(-c2ccc(O)c(O)c2)cs1. The third kappa shape index (κ3) is 4.42. The summed E-state index contributed by atoms with van der Waals surface area (Å²) in [4.78, 5) is 34.9. The van der Waals surface area contributed by atoms with Crippen molar-refractivity contribution in [2.75, 3.05) is 14.2 Å². The number of carbonyl (C=O) groups excluding carboxylic acids is 2. The summed E-state index contributed by atoms with van der Waals surface area (Å²) in [5.74, 6) is -3.01. The Kier molecular flexibility index (Phi) is 6.70. The molecule has 0 fully saturated rings. The molecule has 2 N–H and O–H groups in total. The van der Waals surface area contributed by atoms with Gasteiger partial charge in [-0.3, -0.25) is 9.79 Å². The van der Waals surface area contributed by atoms with Crippen molar-refractivity contribution in [1.29, 1.82) is 0 Å². The number of phenolic OH excluding ortho intramolecular Hbond substituents is 2. The van der Waals surface area contributed by atoms with Crippen LogP contribution in [0.2, 0.25) is 0 Å². The largest absolute Gasteiger partial charge is 0.504 e. The number of methoxy groups -OCH3 is 2. The first kappa shape index (κ1) is 24.2. The van der Waals surface area contributed by atoms with Crippen LogP contribution in [0.5, 0.6) is 11.5 Å². The van der Waals surface area contributed by atoms with Crippen LogP contribution in [-0.4, -0.2) is 47.1 Å². The van der Waals surface area contributed by atoms with E-state index >= 15 is 0 Å². The standard InChI is InChI=1S/C26H24N2O6S/c1-13-21(25(31)33-3)23(22(14(2)27-13)26(32)34-4)16-7-5-6-8-17(16)24-28-18(12-35-24)15-9-10-19(29)20(30)11-15/h5-12,21,23,29-30H,1-4H3. The molecule has 2 heterocycles. The van der Waals surface area contributed by atoms with Gasteiger partial charge in [-0.15, -0.1) is 11.3 Å². The number of rotatable bonds is 5. The summed E-state index contributed by atoms with van der Waals surface area (Å²) in [6.45, 7) is 3.46. The molecule has 1 aliphatic heterocycles. The number of esters is 2. The minimum Gasteiger partial charge on any atom is -0.504 e. The first-order valence-corrected chi connectivity index (χ1v) is 11.6. The van der Waals surface area contributed by atoms with E-state index in [4.69, 9.17) is 14.5 Å². The second-order valence-electron chi connectivity index (χ2n) is 8.05. The smallest absolute Gasteiger partial charge is 0.336 e. The van der Waals surface area contributed by atoms with Crippen LogP contribution in [0, 0.1) is 5.92 Å². The van der Waals surface area contributed by atoms with Gasteiger partial charge in [0.1, 0.15) is 10.9 Å². The highest BCUT2D eigenvalue weighted by atomic mass is 32.1. The molecule has 4 rings (SSSR count). The number of phenols is 2. The maximum absolute atomic E-state index is 12.9. The summed E-state index contributed by atoms with van der Waals surface area (Å²) in [7, 11) is 2.60. The third-order valence-electron chi connectivity index (χ3n) is 5.99. The van der Waals surface area contributed by atoms with Crippen LogP contribution in [0.4, 0.5) is 0 Å². The van der Waals surface area contributed by atoms with Crippen LogP contribution in [0.15, 0.2) is 64.1 Å². The van der Waals surface area contributed by atoms with Crippen molar-refractivity contribution in [1.82, 2.24) is 4.98 Å². The van der Waals surface area contributed by atoms with E-state index in [0.717, 1.165) is 5.56 Å². The zero-order chi connectivity index (χ0) is 25.3. The lowest BCUT2D eigenvalue weighted by atomic mass is 9.74. The van der Waals surface area contributed by atoms with Crippen LogP contribution in [0.1, 0.15) is 25.3 Å².